The number of methoxy groups -OCH3 is 1. The summed E-state index contributed by atoms with van der Waals surface area (Å²) in [5, 5.41) is 3.13. The van der Waals surface area contributed by atoms with E-state index >= 15 is 0 Å². The SMILES string of the molecule is COC1(CC(=O)NC2CCCC2CCl)CCC1. The Bertz CT molecular complexity index is 273. The van der Waals surface area contributed by atoms with Crippen molar-refractivity contribution in [2.75, 3.05) is 13.0 Å². The zero-order chi connectivity index (χ0) is 12.3. The summed E-state index contributed by atoms with van der Waals surface area (Å²) in [5.41, 5.74) is -0.168. The Kier molecular flexibility index (Phi) is 4.31. The normalized spacial score (nSPS) is 30.9. The van der Waals surface area contributed by atoms with Gasteiger partial charge in [0.15, 0.2) is 0 Å². The van der Waals surface area contributed by atoms with Crippen molar-refractivity contribution >= 4 is 17.5 Å². The van der Waals surface area contributed by atoms with Gasteiger partial charge in [0.1, 0.15) is 0 Å². The number of carbonyl (C=O) groups excluding carboxylic acids is 1. The van der Waals surface area contributed by atoms with Gasteiger partial charge >= 0.3 is 0 Å². The Morgan fingerprint density at radius 1 is 1.41 bits per heavy atom. The second kappa shape index (κ2) is 5.57. The Balaban J connectivity index is 1.80. The highest BCUT2D eigenvalue weighted by molar-refractivity contribution is 6.18. The number of alkyl halides is 1. The molecule has 98 valence electrons. The molecule has 2 unspecified atom stereocenters. The largest absolute Gasteiger partial charge is 0.378 e. The third-order valence-corrected chi connectivity index (χ3v) is 4.78. The van der Waals surface area contributed by atoms with E-state index in [-0.39, 0.29) is 17.6 Å². The zero-order valence-corrected chi connectivity index (χ0v) is 11.3. The first-order valence-corrected chi connectivity index (χ1v) is 7.13. The van der Waals surface area contributed by atoms with Crippen molar-refractivity contribution in [2.24, 2.45) is 5.92 Å². The molecule has 3 nitrogen and oxygen atoms in total. The van der Waals surface area contributed by atoms with Gasteiger partial charge in [0.2, 0.25) is 5.91 Å². The molecule has 17 heavy (non-hydrogen) atoms. The summed E-state index contributed by atoms with van der Waals surface area (Å²) >= 11 is 5.91. The van der Waals surface area contributed by atoms with Gasteiger partial charge in [0.05, 0.1) is 12.0 Å². The van der Waals surface area contributed by atoms with E-state index in [1.54, 1.807) is 7.11 Å². The minimum absolute atomic E-state index is 0.133. The molecule has 0 aromatic heterocycles. The van der Waals surface area contributed by atoms with Crippen molar-refractivity contribution in [3.63, 3.8) is 0 Å². The van der Waals surface area contributed by atoms with Crippen molar-refractivity contribution in [1.29, 1.82) is 0 Å². The molecular weight excluding hydrogens is 238 g/mol. The van der Waals surface area contributed by atoms with E-state index in [9.17, 15) is 4.79 Å². The fourth-order valence-electron chi connectivity index (χ4n) is 2.99. The van der Waals surface area contributed by atoms with Gasteiger partial charge in [-0.05, 0) is 38.0 Å². The molecule has 2 rings (SSSR count). The van der Waals surface area contributed by atoms with Crippen LogP contribution >= 0.6 is 11.6 Å². The summed E-state index contributed by atoms with van der Waals surface area (Å²) in [7, 11) is 1.71. The fraction of sp³-hybridized carbons (Fsp3) is 0.923. The number of ether oxygens (including phenoxy) is 1. The van der Waals surface area contributed by atoms with Crippen LogP contribution in [0.1, 0.15) is 44.9 Å². The summed E-state index contributed by atoms with van der Waals surface area (Å²) in [6.07, 6.45) is 7.11. The molecule has 0 aromatic rings. The summed E-state index contributed by atoms with van der Waals surface area (Å²) in [5.74, 6) is 1.24. The first-order valence-electron chi connectivity index (χ1n) is 6.59. The molecule has 0 saturated heterocycles. The highest BCUT2D eigenvalue weighted by Crippen LogP contribution is 2.38. The lowest BCUT2D eigenvalue weighted by atomic mass is 9.77. The van der Waals surface area contributed by atoms with Crippen LogP contribution in [0.2, 0.25) is 0 Å². The lowest BCUT2D eigenvalue weighted by molar-refractivity contribution is -0.135. The van der Waals surface area contributed by atoms with Gasteiger partial charge in [-0.15, -0.1) is 11.6 Å². The van der Waals surface area contributed by atoms with Crippen LogP contribution in [0.25, 0.3) is 0 Å². The van der Waals surface area contributed by atoms with Crippen LogP contribution in [0.5, 0.6) is 0 Å². The first-order chi connectivity index (χ1) is 8.19. The van der Waals surface area contributed by atoms with E-state index in [1.165, 1.54) is 12.8 Å². The molecule has 0 bridgehead atoms. The molecule has 0 aromatic carbocycles. The molecule has 2 fully saturated rings. The summed E-state index contributed by atoms with van der Waals surface area (Å²) < 4.78 is 5.48. The lowest BCUT2D eigenvalue weighted by Crippen LogP contribution is -2.46. The van der Waals surface area contributed by atoms with Crippen LogP contribution in [0.15, 0.2) is 0 Å². The van der Waals surface area contributed by atoms with Crippen LogP contribution in [0.4, 0.5) is 0 Å². The Morgan fingerprint density at radius 2 is 2.18 bits per heavy atom. The predicted molar refractivity (Wildman–Crippen MR) is 68.2 cm³/mol. The number of hydrogen-bond acceptors (Lipinski definition) is 2. The fourth-order valence-corrected chi connectivity index (χ4v) is 3.36. The Morgan fingerprint density at radius 3 is 2.71 bits per heavy atom. The number of rotatable bonds is 5. The van der Waals surface area contributed by atoms with E-state index in [0.717, 1.165) is 25.7 Å². The zero-order valence-electron chi connectivity index (χ0n) is 10.5. The van der Waals surface area contributed by atoms with Gasteiger partial charge in [-0.2, -0.15) is 0 Å². The predicted octanol–water partition coefficient (Wildman–Crippen LogP) is 2.47. The monoisotopic (exact) mass is 259 g/mol. The molecule has 0 spiro atoms. The molecule has 1 amide bonds. The second-order valence-corrected chi connectivity index (χ2v) is 5.75. The molecule has 2 atom stereocenters. The second-order valence-electron chi connectivity index (χ2n) is 5.44. The Hall–Kier alpha value is -0.280. The van der Waals surface area contributed by atoms with Gasteiger partial charge in [-0.25, -0.2) is 0 Å². The standard InChI is InChI=1S/C13H22ClNO2/c1-17-13(6-3-7-13)8-12(16)15-11-5-2-4-10(11)9-14/h10-11H,2-9H2,1H3,(H,15,16). The van der Waals surface area contributed by atoms with E-state index < -0.39 is 0 Å². The summed E-state index contributed by atoms with van der Waals surface area (Å²) in [6.45, 7) is 0. The van der Waals surface area contributed by atoms with E-state index in [0.29, 0.717) is 18.2 Å². The third-order valence-electron chi connectivity index (χ3n) is 4.38. The number of amides is 1. The van der Waals surface area contributed by atoms with Gasteiger partial charge in [0.25, 0.3) is 0 Å². The molecule has 0 aliphatic heterocycles. The van der Waals surface area contributed by atoms with Crippen molar-refractivity contribution < 1.29 is 9.53 Å². The van der Waals surface area contributed by atoms with Crippen molar-refractivity contribution in [3.8, 4) is 0 Å². The molecule has 0 radical (unpaired) electrons. The minimum atomic E-state index is -0.168. The minimum Gasteiger partial charge on any atom is -0.378 e. The van der Waals surface area contributed by atoms with E-state index in [1.807, 2.05) is 0 Å². The van der Waals surface area contributed by atoms with E-state index in [2.05, 4.69) is 5.32 Å². The molecule has 0 heterocycles. The van der Waals surface area contributed by atoms with E-state index in [4.69, 9.17) is 16.3 Å². The van der Waals surface area contributed by atoms with Crippen molar-refractivity contribution in [1.82, 2.24) is 5.32 Å². The number of nitrogens with one attached hydrogen (secondary N) is 1. The third kappa shape index (κ3) is 2.94. The van der Waals surface area contributed by atoms with Crippen molar-refractivity contribution in [3.05, 3.63) is 0 Å². The van der Waals surface area contributed by atoms with Crippen LogP contribution in [0, 0.1) is 5.92 Å². The maximum Gasteiger partial charge on any atom is 0.223 e. The smallest absolute Gasteiger partial charge is 0.223 e. The molecular formula is C13H22ClNO2. The summed E-state index contributed by atoms with van der Waals surface area (Å²) in [4.78, 5) is 12.0. The van der Waals surface area contributed by atoms with Crippen LogP contribution in [0.3, 0.4) is 0 Å². The topological polar surface area (TPSA) is 38.3 Å². The molecule has 1 N–H and O–H groups in total. The summed E-state index contributed by atoms with van der Waals surface area (Å²) in [6, 6.07) is 0.286. The quantitative estimate of drug-likeness (QED) is 0.771. The number of halogens is 1. The maximum absolute atomic E-state index is 12.0. The highest BCUT2D eigenvalue weighted by atomic mass is 35.5. The average molecular weight is 260 g/mol. The van der Waals surface area contributed by atoms with Crippen LogP contribution in [-0.2, 0) is 9.53 Å². The highest BCUT2D eigenvalue weighted by Gasteiger charge is 2.39. The molecule has 2 aliphatic carbocycles. The van der Waals surface area contributed by atoms with Crippen LogP contribution in [-0.4, -0.2) is 30.5 Å². The maximum atomic E-state index is 12.0. The average Bonchev–Trinajstić information content (AvgIpc) is 2.70. The van der Waals surface area contributed by atoms with Crippen molar-refractivity contribution in [2.45, 2.75) is 56.6 Å². The molecule has 4 heteroatoms. The number of carbonyl (C=O) groups is 1. The van der Waals surface area contributed by atoms with Crippen LogP contribution < -0.4 is 5.32 Å². The first kappa shape index (κ1) is 13.2. The lowest BCUT2D eigenvalue weighted by Gasteiger charge is -2.40. The van der Waals surface area contributed by atoms with Gasteiger partial charge in [-0.3, -0.25) is 4.79 Å². The Labute approximate surface area is 108 Å². The molecule has 2 saturated carbocycles. The van der Waals surface area contributed by atoms with Gasteiger partial charge in [-0.1, -0.05) is 6.42 Å². The number of hydrogen-bond donors (Lipinski definition) is 1. The van der Waals surface area contributed by atoms with Gasteiger partial charge in [0, 0.05) is 19.0 Å². The van der Waals surface area contributed by atoms with Gasteiger partial charge < -0.3 is 10.1 Å². The molecule has 2 aliphatic rings.